The predicted molar refractivity (Wildman–Crippen MR) is 74.4 cm³/mol. The lowest BCUT2D eigenvalue weighted by Crippen LogP contribution is -2.20. The molecule has 1 N–H and O–H groups in total. The molecule has 0 saturated heterocycles. The van der Waals surface area contributed by atoms with Crippen molar-refractivity contribution in [3.05, 3.63) is 42.0 Å². The van der Waals surface area contributed by atoms with Crippen LogP contribution in [0.25, 0.3) is 0 Å². The number of aromatic hydroxyl groups is 1. The van der Waals surface area contributed by atoms with E-state index in [2.05, 4.69) is 39.8 Å². The van der Waals surface area contributed by atoms with E-state index in [-0.39, 0.29) is 5.41 Å². The minimum absolute atomic E-state index is 0.187. The fraction of sp³-hybridized carbons (Fsp3) is 0.500. The van der Waals surface area contributed by atoms with E-state index in [4.69, 9.17) is 0 Å². The maximum Gasteiger partial charge on any atom is 0.115 e. The van der Waals surface area contributed by atoms with Crippen LogP contribution in [0.5, 0.6) is 5.75 Å². The van der Waals surface area contributed by atoms with Crippen molar-refractivity contribution in [2.24, 2.45) is 5.41 Å². The number of benzene rings is 1. The summed E-state index contributed by atoms with van der Waals surface area (Å²) < 4.78 is 0. The van der Waals surface area contributed by atoms with E-state index >= 15 is 0 Å². The Hall–Kier alpha value is -1.24. The number of hydrogen-bond acceptors (Lipinski definition) is 1. The zero-order valence-corrected chi connectivity index (χ0v) is 11.4. The molecule has 17 heavy (non-hydrogen) atoms. The van der Waals surface area contributed by atoms with E-state index in [1.807, 2.05) is 12.1 Å². The minimum atomic E-state index is 0.187. The minimum Gasteiger partial charge on any atom is -0.508 e. The van der Waals surface area contributed by atoms with Crippen LogP contribution < -0.4 is 0 Å². The van der Waals surface area contributed by atoms with Gasteiger partial charge in [0.15, 0.2) is 0 Å². The largest absolute Gasteiger partial charge is 0.508 e. The fourth-order valence-corrected chi connectivity index (χ4v) is 2.10. The van der Waals surface area contributed by atoms with Gasteiger partial charge in [0.1, 0.15) is 5.75 Å². The summed E-state index contributed by atoms with van der Waals surface area (Å²) in [5.41, 5.74) is 1.47. The smallest absolute Gasteiger partial charge is 0.115 e. The van der Waals surface area contributed by atoms with Crippen LogP contribution in [0.4, 0.5) is 0 Å². The van der Waals surface area contributed by atoms with Crippen molar-refractivity contribution < 1.29 is 5.11 Å². The van der Waals surface area contributed by atoms with Gasteiger partial charge in [0, 0.05) is 0 Å². The van der Waals surface area contributed by atoms with Crippen LogP contribution in [0.3, 0.4) is 0 Å². The third kappa shape index (κ3) is 3.36. The highest BCUT2D eigenvalue weighted by Crippen LogP contribution is 2.40. The summed E-state index contributed by atoms with van der Waals surface area (Å²) in [6.07, 6.45) is 6.79. The Morgan fingerprint density at radius 2 is 1.82 bits per heavy atom. The van der Waals surface area contributed by atoms with Crippen molar-refractivity contribution in [2.45, 2.75) is 46.5 Å². The summed E-state index contributed by atoms with van der Waals surface area (Å²) in [6.45, 7) is 8.96. The van der Waals surface area contributed by atoms with E-state index in [9.17, 15) is 5.11 Å². The third-order valence-electron chi connectivity index (χ3n) is 3.88. The van der Waals surface area contributed by atoms with Crippen molar-refractivity contribution in [3.8, 4) is 5.75 Å². The van der Waals surface area contributed by atoms with Crippen LogP contribution in [0, 0.1) is 5.41 Å². The Morgan fingerprint density at radius 3 is 2.29 bits per heavy atom. The van der Waals surface area contributed by atoms with Gasteiger partial charge in [-0.1, -0.05) is 52.0 Å². The molecule has 0 saturated carbocycles. The molecular formula is C16H24O. The number of allylic oxidation sites excluding steroid dienone is 2. The van der Waals surface area contributed by atoms with Crippen LogP contribution in [0.1, 0.15) is 52.0 Å². The Bertz CT molecular complexity index is 364. The fourth-order valence-electron chi connectivity index (χ4n) is 2.10. The molecule has 0 amide bonds. The molecule has 1 rings (SSSR count). The summed E-state index contributed by atoms with van der Waals surface area (Å²) >= 11 is 0. The van der Waals surface area contributed by atoms with E-state index in [0.29, 0.717) is 11.7 Å². The summed E-state index contributed by atoms with van der Waals surface area (Å²) in [6, 6.07) is 7.58. The van der Waals surface area contributed by atoms with Gasteiger partial charge < -0.3 is 5.11 Å². The Balaban J connectivity index is 2.96. The molecule has 0 spiro atoms. The van der Waals surface area contributed by atoms with Crippen LogP contribution >= 0.6 is 0 Å². The lowest BCUT2D eigenvalue weighted by Gasteiger charge is -2.32. The zero-order chi connectivity index (χ0) is 12.9. The molecule has 2 unspecified atom stereocenters. The van der Waals surface area contributed by atoms with E-state index < -0.39 is 0 Å². The predicted octanol–water partition coefficient (Wildman–Crippen LogP) is 4.88. The maximum atomic E-state index is 9.33. The molecule has 1 aromatic carbocycles. The third-order valence-corrected chi connectivity index (χ3v) is 3.88. The molecule has 0 aromatic heterocycles. The highest BCUT2D eigenvalue weighted by molar-refractivity contribution is 5.30. The summed E-state index contributed by atoms with van der Waals surface area (Å²) in [7, 11) is 0. The molecule has 0 fully saturated rings. The number of phenolic OH excluding ortho intramolecular Hbond substituents is 1. The first-order chi connectivity index (χ1) is 8.03. The average molecular weight is 232 g/mol. The maximum absolute atomic E-state index is 9.33. The monoisotopic (exact) mass is 232 g/mol. The molecule has 0 aliphatic rings. The number of hydrogen-bond donors (Lipinski definition) is 1. The van der Waals surface area contributed by atoms with Crippen molar-refractivity contribution >= 4 is 0 Å². The quantitative estimate of drug-likeness (QED) is 0.717. The first-order valence-electron chi connectivity index (χ1n) is 6.50. The molecule has 0 aliphatic carbocycles. The van der Waals surface area contributed by atoms with Gasteiger partial charge in [0.2, 0.25) is 0 Å². The van der Waals surface area contributed by atoms with Crippen molar-refractivity contribution in [3.63, 3.8) is 0 Å². The second-order valence-electron chi connectivity index (χ2n) is 4.98. The van der Waals surface area contributed by atoms with Gasteiger partial charge in [-0.2, -0.15) is 0 Å². The molecule has 0 aliphatic heterocycles. The first-order valence-corrected chi connectivity index (χ1v) is 6.50. The Kier molecular flexibility index (Phi) is 4.80. The van der Waals surface area contributed by atoms with E-state index in [1.54, 1.807) is 12.1 Å². The standard InChI is InChI=1S/C16H24O/c1-5-7-12-16(4,6-2)13(3)14-8-10-15(17)11-9-14/h7-13,17H,5-6H2,1-4H3/b12-7-. The Morgan fingerprint density at radius 1 is 1.24 bits per heavy atom. The summed E-state index contributed by atoms with van der Waals surface area (Å²) in [5.74, 6) is 0.791. The van der Waals surface area contributed by atoms with Crippen LogP contribution in [-0.2, 0) is 0 Å². The molecule has 2 atom stereocenters. The Labute approximate surface area is 105 Å². The second kappa shape index (κ2) is 5.90. The second-order valence-corrected chi connectivity index (χ2v) is 4.98. The van der Waals surface area contributed by atoms with Gasteiger partial charge >= 0.3 is 0 Å². The van der Waals surface area contributed by atoms with Gasteiger partial charge in [-0.25, -0.2) is 0 Å². The lowest BCUT2D eigenvalue weighted by molar-refractivity contribution is 0.339. The van der Waals surface area contributed by atoms with Gasteiger partial charge in [0.25, 0.3) is 0 Å². The molecule has 1 heteroatoms. The summed E-state index contributed by atoms with van der Waals surface area (Å²) in [5, 5.41) is 9.33. The molecular weight excluding hydrogens is 208 g/mol. The number of rotatable bonds is 5. The lowest BCUT2D eigenvalue weighted by atomic mass is 9.72. The van der Waals surface area contributed by atoms with E-state index in [1.165, 1.54) is 5.56 Å². The highest BCUT2D eigenvalue weighted by Gasteiger charge is 2.27. The SMILES string of the molecule is CC/C=C\C(C)(CC)C(C)c1ccc(O)cc1. The highest BCUT2D eigenvalue weighted by atomic mass is 16.3. The van der Waals surface area contributed by atoms with Gasteiger partial charge in [0.05, 0.1) is 0 Å². The topological polar surface area (TPSA) is 20.2 Å². The van der Waals surface area contributed by atoms with E-state index in [0.717, 1.165) is 12.8 Å². The van der Waals surface area contributed by atoms with Crippen LogP contribution in [0.15, 0.2) is 36.4 Å². The average Bonchev–Trinajstić information content (AvgIpc) is 2.36. The molecule has 1 aromatic rings. The van der Waals surface area contributed by atoms with Crippen LogP contribution in [-0.4, -0.2) is 5.11 Å². The zero-order valence-electron chi connectivity index (χ0n) is 11.4. The van der Waals surface area contributed by atoms with Gasteiger partial charge in [-0.15, -0.1) is 0 Å². The first kappa shape index (κ1) is 13.8. The van der Waals surface area contributed by atoms with Gasteiger partial charge in [-0.3, -0.25) is 0 Å². The van der Waals surface area contributed by atoms with Crippen molar-refractivity contribution in [2.75, 3.05) is 0 Å². The molecule has 0 heterocycles. The number of phenols is 1. The normalized spacial score (nSPS) is 16.9. The summed E-state index contributed by atoms with van der Waals surface area (Å²) in [4.78, 5) is 0. The molecule has 0 bridgehead atoms. The molecule has 0 radical (unpaired) electrons. The van der Waals surface area contributed by atoms with Crippen molar-refractivity contribution in [1.29, 1.82) is 0 Å². The molecule has 1 nitrogen and oxygen atoms in total. The molecule has 94 valence electrons. The van der Waals surface area contributed by atoms with Gasteiger partial charge in [-0.05, 0) is 41.9 Å². The van der Waals surface area contributed by atoms with Crippen molar-refractivity contribution in [1.82, 2.24) is 0 Å². The van der Waals surface area contributed by atoms with Crippen LogP contribution in [0.2, 0.25) is 0 Å².